The Morgan fingerprint density at radius 3 is 1.12 bits per heavy atom. The van der Waals surface area contributed by atoms with E-state index in [0.29, 0.717) is 0 Å². The maximum absolute atomic E-state index is 5.59. The van der Waals surface area contributed by atoms with Crippen molar-refractivity contribution in [2.24, 2.45) is 0 Å². The lowest BCUT2D eigenvalue weighted by molar-refractivity contribution is 0.0956. The normalized spacial score (nSPS) is 11.3. The molecule has 25 heavy (non-hydrogen) atoms. The summed E-state index contributed by atoms with van der Waals surface area (Å²) < 4.78 is 22.2. The second-order valence-electron chi connectivity index (χ2n) is 6.32. The van der Waals surface area contributed by atoms with Crippen LogP contribution in [0.15, 0.2) is 0 Å². The van der Waals surface area contributed by atoms with Crippen LogP contribution in [0.4, 0.5) is 0 Å². The lowest BCUT2D eigenvalue weighted by atomic mass is 10.3. The first-order valence-electron chi connectivity index (χ1n) is 10.4. The molecule has 5 heteroatoms. The van der Waals surface area contributed by atoms with Crippen LogP contribution in [0.2, 0.25) is 0 Å². The molecule has 0 aliphatic heterocycles. The van der Waals surface area contributed by atoms with Crippen molar-refractivity contribution in [3.63, 3.8) is 0 Å². The summed E-state index contributed by atoms with van der Waals surface area (Å²) in [4.78, 5) is 0. The monoisotopic (exact) mass is 361 g/mol. The molecule has 0 amide bonds. The van der Waals surface area contributed by atoms with Crippen molar-refractivity contribution in [1.29, 1.82) is 0 Å². The topological polar surface area (TPSA) is 49.0 Å². The van der Waals surface area contributed by atoms with E-state index in [1.54, 1.807) is 0 Å². The summed E-state index contributed by atoms with van der Waals surface area (Å²) in [6, 6.07) is 0. The maximum atomic E-state index is 5.59. The molecule has 0 saturated heterocycles. The molecular formula is C20H43NO4. The first-order chi connectivity index (χ1) is 12.4. The van der Waals surface area contributed by atoms with Crippen molar-refractivity contribution in [2.75, 3.05) is 65.9 Å². The van der Waals surface area contributed by atoms with Gasteiger partial charge in [-0.1, -0.05) is 26.7 Å². The van der Waals surface area contributed by atoms with Crippen molar-refractivity contribution >= 4 is 0 Å². The molecule has 0 unspecified atom stereocenters. The molecule has 0 fully saturated rings. The Hall–Kier alpha value is -0.200. The fourth-order valence-electron chi connectivity index (χ4n) is 2.13. The first kappa shape index (κ1) is 24.8. The Balaban J connectivity index is 2.94. The third kappa shape index (κ3) is 23.8. The van der Waals surface area contributed by atoms with Crippen LogP contribution in [0.5, 0.6) is 0 Å². The minimum absolute atomic E-state index is 0.770. The van der Waals surface area contributed by atoms with Crippen LogP contribution in [0.25, 0.3) is 0 Å². The Morgan fingerprint density at radius 1 is 0.440 bits per heavy atom. The smallest absolute Gasteiger partial charge is 0.0590 e. The average molecular weight is 362 g/mol. The predicted molar refractivity (Wildman–Crippen MR) is 104 cm³/mol. The van der Waals surface area contributed by atoms with Gasteiger partial charge >= 0.3 is 0 Å². The molecule has 0 saturated carbocycles. The number of hydrogen-bond acceptors (Lipinski definition) is 5. The van der Waals surface area contributed by atoms with E-state index in [0.717, 1.165) is 91.6 Å². The van der Waals surface area contributed by atoms with Crippen LogP contribution in [-0.4, -0.2) is 65.9 Å². The van der Waals surface area contributed by atoms with Crippen molar-refractivity contribution in [3.05, 3.63) is 0 Å². The molecule has 1 N–H and O–H groups in total. The number of hydrogen-bond donors (Lipinski definition) is 1. The highest BCUT2D eigenvalue weighted by atomic mass is 16.5. The van der Waals surface area contributed by atoms with E-state index in [1.165, 1.54) is 25.7 Å². The number of nitrogens with one attached hydrogen (secondary N) is 1. The zero-order valence-corrected chi connectivity index (χ0v) is 16.9. The molecule has 0 aromatic carbocycles. The summed E-state index contributed by atoms with van der Waals surface area (Å²) in [5, 5.41) is 3.34. The average Bonchev–Trinajstić information content (AvgIpc) is 2.63. The molecule has 0 bridgehead atoms. The molecule has 0 atom stereocenters. The van der Waals surface area contributed by atoms with Gasteiger partial charge in [-0.3, -0.25) is 0 Å². The molecule has 0 aromatic rings. The van der Waals surface area contributed by atoms with Gasteiger partial charge in [0, 0.05) is 52.7 Å². The molecule has 0 rings (SSSR count). The maximum Gasteiger partial charge on any atom is 0.0590 e. The minimum atomic E-state index is 0.770. The van der Waals surface area contributed by atoms with Gasteiger partial charge in [0.2, 0.25) is 0 Å². The fraction of sp³-hybridized carbons (Fsp3) is 1.00. The highest BCUT2D eigenvalue weighted by Gasteiger charge is 1.94. The predicted octanol–water partition coefficient (Wildman–Crippen LogP) is 3.80. The van der Waals surface area contributed by atoms with E-state index in [9.17, 15) is 0 Å². The van der Waals surface area contributed by atoms with E-state index >= 15 is 0 Å². The third-order valence-corrected chi connectivity index (χ3v) is 3.79. The van der Waals surface area contributed by atoms with E-state index in [2.05, 4.69) is 19.2 Å². The largest absolute Gasteiger partial charge is 0.381 e. The van der Waals surface area contributed by atoms with Crippen LogP contribution in [0, 0.1) is 0 Å². The van der Waals surface area contributed by atoms with E-state index in [-0.39, 0.29) is 0 Å². The third-order valence-electron chi connectivity index (χ3n) is 3.79. The van der Waals surface area contributed by atoms with Crippen molar-refractivity contribution < 1.29 is 18.9 Å². The van der Waals surface area contributed by atoms with Gasteiger partial charge in [0.15, 0.2) is 0 Å². The van der Waals surface area contributed by atoms with Gasteiger partial charge in [-0.2, -0.15) is 0 Å². The van der Waals surface area contributed by atoms with E-state index in [1.807, 2.05) is 0 Å². The molecule has 0 aromatic heterocycles. The molecular weight excluding hydrogens is 318 g/mol. The van der Waals surface area contributed by atoms with E-state index in [4.69, 9.17) is 18.9 Å². The van der Waals surface area contributed by atoms with Crippen LogP contribution < -0.4 is 5.32 Å². The zero-order valence-electron chi connectivity index (χ0n) is 16.9. The summed E-state index contributed by atoms with van der Waals surface area (Å²) in [5.74, 6) is 0. The summed E-state index contributed by atoms with van der Waals surface area (Å²) in [5.41, 5.74) is 0. The summed E-state index contributed by atoms with van der Waals surface area (Å²) in [6.07, 6.45) is 9.08. The van der Waals surface area contributed by atoms with Crippen LogP contribution in [-0.2, 0) is 18.9 Å². The second-order valence-corrected chi connectivity index (χ2v) is 6.32. The van der Waals surface area contributed by atoms with Gasteiger partial charge in [-0.05, 0) is 38.5 Å². The minimum Gasteiger partial charge on any atom is -0.381 e. The summed E-state index contributed by atoms with van der Waals surface area (Å²) in [6.45, 7) is 12.9. The lowest BCUT2D eigenvalue weighted by Crippen LogP contribution is -2.24. The Morgan fingerprint density at radius 2 is 0.760 bits per heavy atom. The van der Waals surface area contributed by atoms with Gasteiger partial charge in [-0.25, -0.2) is 0 Å². The van der Waals surface area contributed by atoms with Crippen LogP contribution in [0.3, 0.4) is 0 Å². The highest BCUT2D eigenvalue weighted by molar-refractivity contribution is 4.47. The van der Waals surface area contributed by atoms with Gasteiger partial charge in [0.1, 0.15) is 0 Å². The van der Waals surface area contributed by atoms with Gasteiger partial charge in [0.25, 0.3) is 0 Å². The number of ether oxygens (including phenoxy) is 4. The van der Waals surface area contributed by atoms with Gasteiger partial charge in [0.05, 0.1) is 13.2 Å². The summed E-state index contributed by atoms with van der Waals surface area (Å²) >= 11 is 0. The SMILES string of the molecule is CCCCOCCCCOCCNCCOCCCCOCCCC. The van der Waals surface area contributed by atoms with Crippen molar-refractivity contribution in [3.8, 4) is 0 Å². The van der Waals surface area contributed by atoms with Gasteiger partial charge < -0.3 is 24.3 Å². The molecule has 0 spiro atoms. The first-order valence-corrected chi connectivity index (χ1v) is 10.4. The van der Waals surface area contributed by atoms with Crippen molar-refractivity contribution in [1.82, 2.24) is 5.32 Å². The van der Waals surface area contributed by atoms with Crippen molar-refractivity contribution in [2.45, 2.75) is 65.2 Å². The Bertz CT molecular complexity index is 208. The summed E-state index contributed by atoms with van der Waals surface area (Å²) in [7, 11) is 0. The molecule has 152 valence electrons. The lowest BCUT2D eigenvalue weighted by Gasteiger charge is -2.08. The molecule has 0 radical (unpaired) electrons. The quantitative estimate of drug-likeness (QED) is 0.297. The zero-order chi connectivity index (χ0) is 18.3. The standard InChI is InChI=1S/C20H43NO4/c1-3-5-13-22-15-7-9-17-24-19-11-21-12-20-25-18-10-8-16-23-14-6-4-2/h21H,3-20H2,1-2H3. The second kappa shape index (κ2) is 23.8. The van der Waals surface area contributed by atoms with Crippen LogP contribution >= 0.6 is 0 Å². The highest BCUT2D eigenvalue weighted by Crippen LogP contribution is 1.95. The van der Waals surface area contributed by atoms with Gasteiger partial charge in [-0.15, -0.1) is 0 Å². The molecule has 0 heterocycles. The van der Waals surface area contributed by atoms with Crippen LogP contribution in [0.1, 0.15) is 65.2 Å². The molecule has 5 nitrogen and oxygen atoms in total. The number of unbranched alkanes of at least 4 members (excludes halogenated alkanes) is 4. The van der Waals surface area contributed by atoms with E-state index < -0.39 is 0 Å². The molecule has 0 aliphatic carbocycles. The fourth-order valence-corrected chi connectivity index (χ4v) is 2.13. The number of rotatable bonds is 22. The Kier molecular flexibility index (Phi) is 23.6. The molecule has 0 aliphatic rings. The Labute approximate surface area is 156 Å².